The SMILES string of the molecule is COc1ccc(/C=C(/C(=O)O)[C@@H]2O[C@H](CNC(=O)CNC(=O)CNC(=O)CN=C([O-])CCCC[C@@H]3SC[C@@H]4NC(=O)N[C@@H]43)[C@H](O)[C@H](O)[C@H]2NCc2ccc(C(=O)c3ccccc3)cc2)cc1.[K+]. The van der Waals surface area contributed by atoms with Crippen LogP contribution in [0.4, 0.5) is 4.79 Å². The zero-order valence-electron chi connectivity index (χ0n) is 37.1. The normalized spacial score (nSPS) is 23.4. The first-order valence-electron chi connectivity index (χ1n) is 21.5. The van der Waals surface area contributed by atoms with Gasteiger partial charge in [-0.05, 0) is 54.5 Å². The summed E-state index contributed by atoms with van der Waals surface area (Å²) in [5.41, 5.74) is 1.89. The van der Waals surface area contributed by atoms with Gasteiger partial charge in [-0.25, -0.2) is 9.59 Å². The van der Waals surface area contributed by atoms with Gasteiger partial charge in [0.1, 0.15) is 36.7 Å². The van der Waals surface area contributed by atoms with Crippen LogP contribution < -0.4 is 93.1 Å². The molecule has 0 bridgehead atoms. The molecule has 3 aromatic rings. The third kappa shape index (κ3) is 15.4. The molecular formula is C46H54KN7O12S. The Labute approximate surface area is 434 Å². The first kappa shape index (κ1) is 53.3. The number of carbonyl (C=O) groups excluding carboxylic acids is 5. The number of nitrogens with one attached hydrogen (secondary N) is 6. The van der Waals surface area contributed by atoms with E-state index in [0.717, 1.165) is 18.6 Å². The van der Waals surface area contributed by atoms with E-state index < -0.39 is 79.7 Å². The number of methoxy groups -OCH3 is 1. The van der Waals surface area contributed by atoms with Crippen LogP contribution in [0.3, 0.4) is 0 Å². The van der Waals surface area contributed by atoms with Gasteiger partial charge >= 0.3 is 63.4 Å². The van der Waals surface area contributed by atoms with E-state index in [9.17, 15) is 49.2 Å². The molecular weight excluding hydrogens is 914 g/mol. The monoisotopic (exact) mass is 967 g/mol. The minimum Gasteiger partial charge on any atom is -0.862 e. The van der Waals surface area contributed by atoms with Crippen LogP contribution in [0.15, 0.2) is 89.4 Å². The maximum atomic E-state index is 12.9. The molecule has 3 aromatic carbocycles. The number of benzene rings is 3. The average molecular weight is 968 g/mol. The molecule has 19 nitrogen and oxygen atoms in total. The Hall–Kier alpha value is -4.68. The number of unbranched alkanes of at least 4 members (excludes halogenated alkanes) is 1. The van der Waals surface area contributed by atoms with Crippen molar-refractivity contribution >= 4 is 59.2 Å². The number of hydrogen-bond donors (Lipinski definition) is 9. The molecule has 0 saturated carbocycles. The number of urea groups is 1. The molecule has 0 aromatic heterocycles. The van der Waals surface area contributed by atoms with E-state index in [4.69, 9.17) is 9.47 Å². The molecule has 21 heteroatoms. The molecule has 8 atom stereocenters. The number of ketones is 1. The van der Waals surface area contributed by atoms with Crippen LogP contribution in [-0.2, 0) is 30.5 Å². The van der Waals surface area contributed by atoms with Gasteiger partial charge in [0.15, 0.2) is 5.78 Å². The quantitative estimate of drug-likeness (QED) is 0.00917. The topological polar surface area (TPSA) is 289 Å². The Balaban J connectivity index is 0.00000840. The smallest absolute Gasteiger partial charge is 0.862 e. The van der Waals surface area contributed by atoms with E-state index in [-0.39, 0.29) is 106 Å². The number of fused-ring (bicyclic) bond motifs is 1. The first-order valence-corrected chi connectivity index (χ1v) is 22.6. The number of thioether (sulfide) groups is 1. The Kier molecular flexibility index (Phi) is 20.8. The predicted molar refractivity (Wildman–Crippen MR) is 242 cm³/mol. The van der Waals surface area contributed by atoms with Crippen molar-refractivity contribution in [3.8, 4) is 5.75 Å². The zero-order chi connectivity index (χ0) is 47.2. The molecule has 3 aliphatic rings. The maximum absolute atomic E-state index is 12.9. The van der Waals surface area contributed by atoms with E-state index in [1.807, 2.05) is 6.07 Å². The van der Waals surface area contributed by atoms with E-state index in [1.54, 1.807) is 84.6 Å². The van der Waals surface area contributed by atoms with Crippen molar-refractivity contribution in [2.45, 2.75) is 80.0 Å². The number of ether oxygens (including phenoxy) is 2. The molecule has 352 valence electrons. The molecule has 0 spiro atoms. The molecule has 0 aliphatic carbocycles. The number of aliphatic hydroxyl groups is 2. The second kappa shape index (κ2) is 26.2. The summed E-state index contributed by atoms with van der Waals surface area (Å²) in [6.07, 6.45) is -2.16. The fourth-order valence-electron chi connectivity index (χ4n) is 7.80. The Morgan fingerprint density at radius 2 is 1.55 bits per heavy atom. The van der Waals surface area contributed by atoms with E-state index >= 15 is 0 Å². The number of hydrogen-bond acceptors (Lipinski definition) is 14. The van der Waals surface area contributed by atoms with Gasteiger partial charge in [-0.1, -0.05) is 73.2 Å². The third-order valence-corrected chi connectivity index (χ3v) is 12.9. The second-order valence-electron chi connectivity index (χ2n) is 16.0. The summed E-state index contributed by atoms with van der Waals surface area (Å²) in [5, 5.41) is 61.8. The second-order valence-corrected chi connectivity index (χ2v) is 17.3. The molecule has 3 fully saturated rings. The predicted octanol–water partition coefficient (Wildman–Crippen LogP) is -3.12. The van der Waals surface area contributed by atoms with Crippen LogP contribution in [-0.4, -0.2) is 144 Å². The first-order chi connectivity index (χ1) is 31.8. The molecule has 3 heterocycles. The minimum atomic E-state index is -1.61. The fourth-order valence-corrected chi connectivity index (χ4v) is 9.34. The van der Waals surface area contributed by atoms with Gasteiger partial charge in [-0.2, -0.15) is 11.8 Å². The van der Waals surface area contributed by atoms with Gasteiger partial charge in [0.05, 0.1) is 43.9 Å². The van der Waals surface area contributed by atoms with Gasteiger partial charge in [-0.15, -0.1) is 0 Å². The molecule has 6 rings (SSSR count). The number of rotatable bonds is 22. The molecule has 3 aliphatic heterocycles. The van der Waals surface area contributed by atoms with E-state index in [0.29, 0.717) is 34.4 Å². The number of aliphatic hydroxyl groups excluding tert-OH is 2. The number of carboxylic acid groups (broad SMARTS) is 1. The molecule has 67 heavy (non-hydrogen) atoms. The fraction of sp³-hybridized carbons (Fsp3) is 0.413. The van der Waals surface area contributed by atoms with Crippen molar-refractivity contribution in [3.63, 3.8) is 0 Å². The van der Waals surface area contributed by atoms with Crippen molar-refractivity contribution in [2.75, 3.05) is 39.0 Å². The summed E-state index contributed by atoms with van der Waals surface area (Å²) >= 11 is 1.79. The number of aliphatic imine (C=N–C) groups is 1. The van der Waals surface area contributed by atoms with Gasteiger partial charge in [-0.3, -0.25) is 24.2 Å². The molecule has 9 N–H and O–H groups in total. The van der Waals surface area contributed by atoms with Crippen molar-refractivity contribution in [2.24, 2.45) is 4.99 Å². The average Bonchev–Trinajstić information content (AvgIpc) is 3.89. The number of aliphatic carboxylic acids is 1. The van der Waals surface area contributed by atoms with Crippen molar-refractivity contribution < 1.29 is 110 Å². The summed E-state index contributed by atoms with van der Waals surface area (Å²) in [6, 6.07) is 21.0. The Morgan fingerprint density at radius 1 is 0.881 bits per heavy atom. The van der Waals surface area contributed by atoms with Crippen LogP contribution in [0.25, 0.3) is 6.08 Å². The summed E-state index contributed by atoms with van der Waals surface area (Å²) < 4.78 is 11.4. The van der Waals surface area contributed by atoms with Gasteiger partial charge in [0, 0.05) is 35.2 Å². The summed E-state index contributed by atoms with van der Waals surface area (Å²) in [5.74, 6) is -2.67. The molecule has 0 unspecified atom stereocenters. The number of amides is 5. The van der Waals surface area contributed by atoms with Crippen LogP contribution in [0.5, 0.6) is 5.75 Å². The van der Waals surface area contributed by atoms with E-state index in [1.165, 1.54) is 13.2 Å². The maximum Gasteiger partial charge on any atom is 1.00 e. The molecule has 3 saturated heterocycles. The standard InChI is InChI=1S/C46H55N7O12S.K/c1-64-30-17-13-26(14-18-30)19-31(45(61)62)44-40(51-20-27-11-15-29(16-12-27)41(58)28-7-3-2-4-8-28)43(60)42(59)33(65-44)21-47-36(55)23-49-38(57)24-50-37(56)22-48-35(54)10-6-5-9-34-39-32(25-66-34)52-46(63)53-39;/h2-4,7-8,11-19,32-34,39-40,42-44,51,59-60H,5-6,9-10,20-25H2,1H3,(H,47,55)(H,48,54)(H,49,57)(H,50,56)(H,61,62)(H2,52,53,63);/q;+1/p-1/b31-19+;/t32-,33+,34-,39-,40+,42-,43+,44-;/m0./s1. The largest absolute Gasteiger partial charge is 1.00 e. The zero-order valence-corrected chi connectivity index (χ0v) is 41.1. The van der Waals surface area contributed by atoms with Crippen molar-refractivity contribution in [1.82, 2.24) is 31.9 Å². The van der Waals surface area contributed by atoms with Crippen LogP contribution >= 0.6 is 11.8 Å². The summed E-state index contributed by atoms with van der Waals surface area (Å²) in [7, 11) is 1.49. The molecule has 0 radical (unpaired) electrons. The number of nitrogens with zero attached hydrogens (tertiary/aromatic N) is 1. The minimum absolute atomic E-state index is 0. The van der Waals surface area contributed by atoms with Crippen LogP contribution in [0.1, 0.15) is 52.7 Å². The van der Waals surface area contributed by atoms with Gasteiger partial charge < -0.3 is 61.8 Å². The van der Waals surface area contributed by atoms with Crippen molar-refractivity contribution in [3.05, 3.63) is 107 Å². The summed E-state index contributed by atoms with van der Waals surface area (Å²) in [4.78, 5) is 78.5. The van der Waals surface area contributed by atoms with Crippen LogP contribution in [0.2, 0.25) is 0 Å². The molecule has 5 amide bonds. The van der Waals surface area contributed by atoms with Crippen LogP contribution in [0, 0.1) is 0 Å². The Morgan fingerprint density at radius 3 is 2.24 bits per heavy atom. The summed E-state index contributed by atoms with van der Waals surface area (Å²) in [6.45, 7) is -1.80. The third-order valence-electron chi connectivity index (χ3n) is 11.4. The number of carbonyl (C=O) groups is 6. The van der Waals surface area contributed by atoms with Crippen molar-refractivity contribution in [1.29, 1.82) is 0 Å². The van der Waals surface area contributed by atoms with Gasteiger partial charge in [0.2, 0.25) is 17.7 Å². The van der Waals surface area contributed by atoms with Gasteiger partial charge in [0.25, 0.3) is 0 Å². The van der Waals surface area contributed by atoms with E-state index in [2.05, 4.69) is 36.9 Å². The number of carboxylic acids is 1. The Bertz CT molecular complexity index is 2250.